The Hall–Kier alpha value is -1.67. The zero-order valence-electron chi connectivity index (χ0n) is 11.6. The lowest BCUT2D eigenvalue weighted by Gasteiger charge is -2.33. The molecule has 0 bridgehead atoms. The lowest BCUT2D eigenvalue weighted by Crippen LogP contribution is -2.57. The van der Waals surface area contributed by atoms with E-state index in [4.69, 9.17) is 4.74 Å². The second kappa shape index (κ2) is 7.06. The van der Waals surface area contributed by atoms with Crippen molar-refractivity contribution < 1.29 is 28.2 Å². The van der Waals surface area contributed by atoms with E-state index in [2.05, 4.69) is 5.32 Å². The summed E-state index contributed by atoms with van der Waals surface area (Å²) in [4.78, 5) is 24.0. The fourth-order valence-corrected chi connectivity index (χ4v) is 2.69. The van der Waals surface area contributed by atoms with Crippen LogP contribution in [-0.4, -0.2) is 41.5 Å². The Labute approximate surface area is 130 Å². The monoisotopic (exact) mass is 331 g/mol. The van der Waals surface area contributed by atoms with Crippen molar-refractivity contribution in [2.75, 3.05) is 13.2 Å². The minimum atomic E-state index is -2.53. The molecule has 1 fully saturated rings. The fraction of sp³-hybridized carbons (Fsp3) is 0.429. The van der Waals surface area contributed by atoms with Gasteiger partial charge >= 0.3 is 5.97 Å². The van der Waals surface area contributed by atoms with E-state index in [-0.39, 0.29) is 31.6 Å². The first-order chi connectivity index (χ1) is 10.4. The summed E-state index contributed by atoms with van der Waals surface area (Å²) < 4.78 is 29.6. The van der Waals surface area contributed by atoms with Crippen molar-refractivity contribution in [1.82, 2.24) is 5.32 Å². The quantitative estimate of drug-likeness (QED) is 0.810. The number of alkyl halides is 2. The highest BCUT2D eigenvalue weighted by Crippen LogP contribution is 2.26. The molecule has 1 aliphatic rings. The molecule has 0 atom stereocenters. The number of hydrogen-bond donors (Lipinski definition) is 2. The van der Waals surface area contributed by atoms with Crippen LogP contribution in [-0.2, 0) is 9.53 Å². The maximum absolute atomic E-state index is 12.2. The third-order valence-electron chi connectivity index (χ3n) is 3.45. The lowest BCUT2D eigenvalue weighted by atomic mass is 9.89. The van der Waals surface area contributed by atoms with Crippen molar-refractivity contribution in [2.24, 2.45) is 0 Å². The second-order valence-corrected chi connectivity index (χ2v) is 5.92. The third-order valence-corrected chi connectivity index (χ3v) is 4.17. The maximum atomic E-state index is 12.2. The van der Waals surface area contributed by atoms with Gasteiger partial charge in [0.2, 0.25) is 0 Å². The van der Waals surface area contributed by atoms with Gasteiger partial charge in [0.1, 0.15) is 5.54 Å². The fourth-order valence-electron chi connectivity index (χ4n) is 2.19. The first kappa shape index (κ1) is 16.7. The molecule has 1 heterocycles. The van der Waals surface area contributed by atoms with E-state index in [1.165, 1.54) is 24.3 Å². The van der Waals surface area contributed by atoms with Crippen LogP contribution in [0.1, 0.15) is 23.2 Å². The van der Waals surface area contributed by atoms with Crippen molar-refractivity contribution in [1.29, 1.82) is 0 Å². The van der Waals surface area contributed by atoms with Gasteiger partial charge in [0.05, 0.1) is 0 Å². The average molecular weight is 331 g/mol. The van der Waals surface area contributed by atoms with Crippen LogP contribution in [0.5, 0.6) is 0 Å². The molecular formula is C14H15F2NO4S. The molecule has 1 amide bonds. The SMILES string of the molecule is O=C(NC1(C(=O)O)CCOCC1)c1ccc(SC(F)F)cc1. The van der Waals surface area contributed by atoms with Crippen molar-refractivity contribution in [2.45, 2.75) is 29.0 Å². The summed E-state index contributed by atoms with van der Waals surface area (Å²) in [6, 6.07) is 5.61. The number of benzene rings is 1. The highest BCUT2D eigenvalue weighted by Gasteiger charge is 2.41. The van der Waals surface area contributed by atoms with Crippen LogP contribution < -0.4 is 5.32 Å². The molecule has 5 nitrogen and oxygen atoms in total. The van der Waals surface area contributed by atoms with E-state index < -0.39 is 23.2 Å². The molecule has 8 heteroatoms. The predicted molar refractivity (Wildman–Crippen MR) is 76.2 cm³/mol. The number of ether oxygens (including phenoxy) is 1. The lowest BCUT2D eigenvalue weighted by molar-refractivity contribution is -0.148. The molecule has 22 heavy (non-hydrogen) atoms. The average Bonchev–Trinajstić information content (AvgIpc) is 2.48. The second-order valence-electron chi connectivity index (χ2n) is 4.86. The maximum Gasteiger partial charge on any atom is 0.329 e. The number of halogens is 2. The normalized spacial score (nSPS) is 17.2. The van der Waals surface area contributed by atoms with E-state index in [9.17, 15) is 23.5 Å². The summed E-state index contributed by atoms with van der Waals surface area (Å²) in [6.45, 7) is 0.521. The number of carboxylic acids is 1. The minimum absolute atomic E-state index is 0.188. The zero-order valence-corrected chi connectivity index (χ0v) is 12.4. The van der Waals surface area contributed by atoms with Crippen LogP contribution in [0.15, 0.2) is 29.2 Å². The number of aliphatic carboxylic acids is 1. The van der Waals surface area contributed by atoms with Gasteiger partial charge in [-0.2, -0.15) is 8.78 Å². The van der Waals surface area contributed by atoms with Gasteiger partial charge in [-0.15, -0.1) is 0 Å². The number of carboxylic acid groups (broad SMARTS) is 1. The molecule has 1 aromatic rings. The van der Waals surface area contributed by atoms with E-state index in [1.807, 2.05) is 0 Å². The van der Waals surface area contributed by atoms with Crippen LogP contribution >= 0.6 is 11.8 Å². The zero-order chi connectivity index (χ0) is 16.2. The molecule has 0 radical (unpaired) electrons. The molecule has 1 aromatic carbocycles. The van der Waals surface area contributed by atoms with Gasteiger partial charge in [0, 0.05) is 36.5 Å². The van der Waals surface area contributed by atoms with Gasteiger partial charge < -0.3 is 15.2 Å². The standard InChI is InChI=1S/C14H15F2NO4S/c15-13(16)22-10-3-1-9(2-4-10)11(18)17-14(12(19)20)5-7-21-8-6-14/h1-4,13H,5-8H2,(H,17,18)(H,19,20). The van der Waals surface area contributed by atoms with Gasteiger partial charge in [0.15, 0.2) is 0 Å². The molecule has 0 aliphatic carbocycles. The molecule has 2 rings (SSSR count). The Morgan fingerprint density at radius 1 is 1.23 bits per heavy atom. The van der Waals surface area contributed by atoms with Crippen molar-refractivity contribution >= 4 is 23.6 Å². The summed E-state index contributed by atoms with van der Waals surface area (Å²) in [5, 5.41) is 11.9. The molecule has 0 spiro atoms. The number of nitrogens with one attached hydrogen (secondary N) is 1. The highest BCUT2D eigenvalue weighted by atomic mass is 32.2. The Morgan fingerprint density at radius 3 is 2.32 bits per heavy atom. The third kappa shape index (κ3) is 3.95. The topological polar surface area (TPSA) is 75.6 Å². The van der Waals surface area contributed by atoms with Crippen molar-refractivity contribution in [3.63, 3.8) is 0 Å². The molecule has 1 saturated heterocycles. The molecule has 0 aromatic heterocycles. The van der Waals surface area contributed by atoms with Gasteiger partial charge in [-0.3, -0.25) is 4.79 Å². The van der Waals surface area contributed by atoms with Gasteiger partial charge in [-0.1, -0.05) is 11.8 Å². The van der Waals surface area contributed by atoms with Crippen LogP contribution in [0.3, 0.4) is 0 Å². The van der Waals surface area contributed by atoms with Crippen LogP contribution in [0, 0.1) is 0 Å². The number of carbonyl (C=O) groups excluding carboxylic acids is 1. The minimum Gasteiger partial charge on any atom is -0.480 e. The van der Waals surface area contributed by atoms with E-state index in [1.54, 1.807) is 0 Å². The highest BCUT2D eigenvalue weighted by molar-refractivity contribution is 7.99. The van der Waals surface area contributed by atoms with E-state index >= 15 is 0 Å². The predicted octanol–water partition coefficient (Wildman–Crippen LogP) is 2.36. The summed E-state index contributed by atoms with van der Waals surface area (Å²) in [7, 11) is 0. The van der Waals surface area contributed by atoms with Gasteiger partial charge in [0.25, 0.3) is 11.7 Å². The van der Waals surface area contributed by atoms with Crippen molar-refractivity contribution in [3.8, 4) is 0 Å². The molecule has 120 valence electrons. The Bertz CT molecular complexity index is 544. The molecule has 0 unspecified atom stereocenters. The first-order valence-corrected chi connectivity index (χ1v) is 7.49. The summed E-state index contributed by atoms with van der Waals surface area (Å²) in [5.41, 5.74) is -1.11. The summed E-state index contributed by atoms with van der Waals surface area (Å²) >= 11 is 0.383. The van der Waals surface area contributed by atoms with E-state index in [0.717, 1.165) is 0 Å². The molecular weight excluding hydrogens is 316 g/mol. The van der Waals surface area contributed by atoms with Gasteiger partial charge in [-0.05, 0) is 24.3 Å². The number of rotatable bonds is 5. The molecule has 2 N–H and O–H groups in total. The smallest absolute Gasteiger partial charge is 0.329 e. The Morgan fingerprint density at radius 2 is 1.82 bits per heavy atom. The Balaban J connectivity index is 2.08. The number of thioether (sulfide) groups is 1. The largest absolute Gasteiger partial charge is 0.480 e. The number of amides is 1. The summed E-state index contributed by atoms with van der Waals surface area (Å²) in [6.07, 6.45) is 0.376. The van der Waals surface area contributed by atoms with Crippen LogP contribution in [0.4, 0.5) is 8.78 Å². The summed E-state index contributed by atoms with van der Waals surface area (Å²) in [5.74, 6) is -4.18. The van der Waals surface area contributed by atoms with Crippen LogP contribution in [0.25, 0.3) is 0 Å². The number of carbonyl (C=O) groups is 2. The molecule has 1 aliphatic heterocycles. The number of hydrogen-bond acceptors (Lipinski definition) is 4. The Kier molecular flexibility index (Phi) is 5.36. The molecule has 0 saturated carbocycles. The van der Waals surface area contributed by atoms with E-state index in [0.29, 0.717) is 16.7 Å². The van der Waals surface area contributed by atoms with Crippen molar-refractivity contribution in [3.05, 3.63) is 29.8 Å². The van der Waals surface area contributed by atoms with Gasteiger partial charge in [-0.25, -0.2) is 4.79 Å². The first-order valence-electron chi connectivity index (χ1n) is 6.61. The van der Waals surface area contributed by atoms with Crippen LogP contribution in [0.2, 0.25) is 0 Å².